The van der Waals surface area contributed by atoms with Gasteiger partial charge in [0.25, 0.3) is 0 Å². The SMILES string of the molecule is CC1COCCN1Cc1cccnc1Cl. The Morgan fingerprint density at radius 1 is 1.67 bits per heavy atom. The van der Waals surface area contributed by atoms with E-state index in [1.54, 1.807) is 6.20 Å². The van der Waals surface area contributed by atoms with Crippen LogP contribution in [-0.2, 0) is 11.3 Å². The lowest BCUT2D eigenvalue weighted by molar-refractivity contribution is -0.00439. The van der Waals surface area contributed by atoms with Gasteiger partial charge >= 0.3 is 0 Å². The van der Waals surface area contributed by atoms with Gasteiger partial charge in [0.15, 0.2) is 0 Å². The van der Waals surface area contributed by atoms with Crippen LogP contribution in [0.1, 0.15) is 12.5 Å². The van der Waals surface area contributed by atoms with Crippen LogP contribution in [-0.4, -0.2) is 35.7 Å². The zero-order valence-electron chi connectivity index (χ0n) is 8.82. The minimum absolute atomic E-state index is 0.454. The molecule has 1 unspecified atom stereocenters. The second-order valence-corrected chi connectivity index (χ2v) is 4.21. The molecule has 2 heterocycles. The predicted octanol–water partition coefficient (Wildman–Crippen LogP) is 1.96. The van der Waals surface area contributed by atoms with Crippen LogP contribution in [0, 0.1) is 0 Å². The first-order valence-electron chi connectivity index (χ1n) is 5.18. The molecule has 1 aliphatic rings. The lowest BCUT2D eigenvalue weighted by Crippen LogP contribution is -2.42. The summed E-state index contributed by atoms with van der Waals surface area (Å²) in [7, 11) is 0. The molecule has 1 aromatic rings. The normalized spacial score (nSPS) is 22.9. The van der Waals surface area contributed by atoms with E-state index in [9.17, 15) is 0 Å². The number of halogens is 1. The zero-order valence-corrected chi connectivity index (χ0v) is 9.57. The van der Waals surface area contributed by atoms with E-state index in [1.165, 1.54) is 0 Å². The molecule has 0 spiro atoms. The Hall–Kier alpha value is -0.640. The van der Waals surface area contributed by atoms with E-state index in [-0.39, 0.29) is 0 Å². The quantitative estimate of drug-likeness (QED) is 0.721. The topological polar surface area (TPSA) is 25.4 Å². The van der Waals surface area contributed by atoms with Crippen LogP contribution in [0.3, 0.4) is 0 Å². The van der Waals surface area contributed by atoms with Gasteiger partial charge in [-0.3, -0.25) is 4.90 Å². The summed E-state index contributed by atoms with van der Waals surface area (Å²) < 4.78 is 5.39. The Bertz CT molecular complexity index is 332. The minimum atomic E-state index is 0.454. The molecule has 1 aromatic heterocycles. The number of hydrogen-bond acceptors (Lipinski definition) is 3. The Labute approximate surface area is 95.0 Å². The number of morpholine rings is 1. The molecule has 0 bridgehead atoms. The molecular formula is C11H15ClN2O. The van der Waals surface area contributed by atoms with Crippen molar-refractivity contribution < 1.29 is 4.74 Å². The molecule has 3 nitrogen and oxygen atoms in total. The molecular weight excluding hydrogens is 212 g/mol. The van der Waals surface area contributed by atoms with Crippen LogP contribution in [0.4, 0.5) is 0 Å². The van der Waals surface area contributed by atoms with Gasteiger partial charge < -0.3 is 4.74 Å². The average Bonchev–Trinajstić information content (AvgIpc) is 2.24. The molecule has 0 radical (unpaired) electrons. The lowest BCUT2D eigenvalue weighted by Gasteiger charge is -2.33. The summed E-state index contributed by atoms with van der Waals surface area (Å²) in [5.41, 5.74) is 1.09. The summed E-state index contributed by atoms with van der Waals surface area (Å²) in [4.78, 5) is 6.44. The monoisotopic (exact) mass is 226 g/mol. The summed E-state index contributed by atoms with van der Waals surface area (Å²) >= 11 is 6.02. The van der Waals surface area contributed by atoms with Crippen LogP contribution in [0.5, 0.6) is 0 Å². The molecule has 1 fully saturated rings. The van der Waals surface area contributed by atoms with E-state index >= 15 is 0 Å². The maximum absolute atomic E-state index is 6.02. The van der Waals surface area contributed by atoms with E-state index in [0.29, 0.717) is 11.2 Å². The van der Waals surface area contributed by atoms with Crippen LogP contribution in [0.15, 0.2) is 18.3 Å². The molecule has 0 N–H and O–H groups in total. The molecule has 82 valence electrons. The number of hydrogen-bond donors (Lipinski definition) is 0. The van der Waals surface area contributed by atoms with Gasteiger partial charge in [0, 0.05) is 30.9 Å². The standard InChI is InChI=1S/C11H15ClN2O/c1-9-8-15-6-5-14(9)7-10-3-2-4-13-11(10)12/h2-4,9H,5-8H2,1H3. The third kappa shape index (κ3) is 2.68. The highest BCUT2D eigenvalue weighted by molar-refractivity contribution is 6.30. The highest BCUT2D eigenvalue weighted by atomic mass is 35.5. The first-order chi connectivity index (χ1) is 7.27. The van der Waals surface area contributed by atoms with Gasteiger partial charge in [0.1, 0.15) is 5.15 Å². The van der Waals surface area contributed by atoms with E-state index in [4.69, 9.17) is 16.3 Å². The molecule has 1 atom stereocenters. The van der Waals surface area contributed by atoms with Crippen molar-refractivity contribution in [2.24, 2.45) is 0 Å². The van der Waals surface area contributed by atoms with Crippen LogP contribution in [0.25, 0.3) is 0 Å². The zero-order chi connectivity index (χ0) is 10.7. The van der Waals surface area contributed by atoms with Gasteiger partial charge in [0.05, 0.1) is 13.2 Å². The molecule has 0 amide bonds. The fourth-order valence-corrected chi connectivity index (χ4v) is 1.93. The third-order valence-corrected chi connectivity index (χ3v) is 3.06. The van der Waals surface area contributed by atoms with Crippen molar-refractivity contribution in [3.8, 4) is 0 Å². The molecule has 0 saturated carbocycles. The molecule has 1 saturated heterocycles. The minimum Gasteiger partial charge on any atom is -0.379 e. The Balaban J connectivity index is 2.04. The van der Waals surface area contributed by atoms with Crippen LogP contribution < -0.4 is 0 Å². The van der Waals surface area contributed by atoms with E-state index in [2.05, 4.69) is 16.8 Å². The van der Waals surface area contributed by atoms with E-state index < -0.39 is 0 Å². The largest absolute Gasteiger partial charge is 0.379 e. The fraction of sp³-hybridized carbons (Fsp3) is 0.545. The van der Waals surface area contributed by atoms with Crippen molar-refractivity contribution in [1.82, 2.24) is 9.88 Å². The summed E-state index contributed by atoms with van der Waals surface area (Å²) in [6.45, 7) is 5.60. The number of aromatic nitrogens is 1. The predicted molar refractivity (Wildman–Crippen MR) is 59.9 cm³/mol. The third-order valence-electron chi connectivity index (χ3n) is 2.72. The fourth-order valence-electron chi connectivity index (χ4n) is 1.75. The van der Waals surface area contributed by atoms with E-state index in [1.807, 2.05) is 12.1 Å². The lowest BCUT2D eigenvalue weighted by atomic mass is 10.2. The van der Waals surface area contributed by atoms with Crippen LogP contribution >= 0.6 is 11.6 Å². The van der Waals surface area contributed by atoms with Crippen molar-refractivity contribution in [3.63, 3.8) is 0 Å². The summed E-state index contributed by atoms with van der Waals surface area (Å²) in [6, 6.07) is 4.40. The van der Waals surface area contributed by atoms with Gasteiger partial charge in [-0.1, -0.05) is 17.7 Å². The molecule has 15 heavy (non-hydrogen) atoms. The van der Waals surface area contributed by atoms with Gasteiger partial charge in [-0.15, -0.1) is 0 Å². The van der Waals surface area contributed by atoms with Gasteiger partial charge in [0.2, 0.25) is 0 Å². The number of ether oxygens (including phenoxy) is 1. The average molecular weight is 227 g/mol. The smallest absolute Gasteiger partial charge is 0.133 e. The number of rotatable bonds is 2. The maximum atomic E-state index is 6.02. The van der Waals surface area contributed by atoms with E-state index in [0.717, 1.165) is 31.9 Å². The number of nitrogens with zero attached hydrogens (tertiary/aromatic N) is 2. The van der Waals surface area contributed by atoms with Crippen molar-refractivity contribution in [3.05, 3.63) is 29.0 Å². The van der Waals surface area contributed by atoms with Crippen molar-refractivity contribution >= 4 is 11.6 Å². The summed E-state index contributed by atoms with van der Waals surface area (Å²) in [6.07, 6.45) is 1.72. The maximum Gasteiger partial charge on any atom is 0.133 e. The van der Waals surface area contributed by atoms with Gasteiger partial charge in [-0.25, -0.2) is 4.98 Å². The van der Waals surface area contributed by atoms with Crippen molar-refractivity contribution in [2.75, 3.05) is 19.8 Å². The number of pyridine rings is 1. The molecule has 0 aromatic carbocycles. The van der Waals surface area contributed by atoms with Crippen molar-refractivity contribution in [1.29, 1.82) is 0 Å². The van der Waals surface area contributed by atoms with Gasteiger partial charge in [-0.2, -0.15) is 0 Å². The molecule has 2 rings (SSSR count). The first kappa shape index (κ1) is 10.9. The van der Waals surface area contributed by atoms with Crippen molar-refractivity contribution in [2.45, 2.75) is 19.5 Å². The Kier molecular flexibility index (Phi) is 3.57. The van der Waals surface area contributed by atoms with Gasteiger partial charge in [-0.05, 0) is 13.0 Å². The summed E-state index contributed by atoms with van der Waals surface area (Å²) in [5.74, 6) is 0. The van der Waals surface area contributed by atoms with Crippen LogP contribution in [0.2, 0.25) is 5.15 Å². The molecule has 0 aliphatic carbocycles. The Morgan fingerprint density at radius 3 is 3.27 bits per heavy atom. The highest BCUT2D eigenvalue weighted by Gasteiger charge is 2.19. The summed E-state index contributed by atoms with van der Waals surface area (Å²) in [5, 5.41) is 0.608. The Morgan fingerprint density at radius 2 is 2.53 bits per heavy atom. The first-order valence-corrected chi connectivity index (χ1v) is 5.56. The second kappa shape index (κ2) is 4.92. The molecule has 1 aliphatic heterocycles. The molecule has 4 heteroatoms. The second-order valence-electron chi connectivity index (χ2n) is 3.85. The highest BCUT2D eigenvalue weighted by Crippen LogP contribution is 2.17.